The van der Waals surface area contributed by atoms with E-state index in [0.29, 0.717) is 30.3 Å². The van der Waals surface area contributed by atoms with Crippen LogP contribution in [0.3, 0.4) is 0 Å². The van der Waals surface area contributed by atoms with Crippen molar-refractivity contribution in [1.29, 1.82) is 0 Å². The van der Waals surface area contributed by atoms with E-state index in [1.54, 1.807) is 24.3 Å². The fraction of sp³-hybridized carbons (Fsp3) is 0.462. The fourth-order valence-electron chi connectivity index (χ4n) is 5.19. The molecule has 0 aromatic heterocycles. The lowest BCUT2D eigenvalue weighted by molar-refractivity contribution is 0.0124. The average Bonchev–Trinajstić information content (AvgIpc) is 3.37. The molecule has 0 radical (unpaired) electrons. The first-order valence-electron chi connectivity index (χ1n) is 11.9. The standard InChI is InChI=1S/C26H31N3O4/c30-23(14-27-21-12-19-4-1-2-5-20(19)13-21)15-28-25(31)17-8-10-18(11-9-17)26(32)29-22-6-3-7-24(29)33-16-22/h1-2,4-5,8-11,21-24,27,30H,3,6-7,12-16H2,(H,28,31)/t22?,23-,24?/m0/s1. The van der Waals surface area contributed by atoms with E-state index in [1.165, 1.54) is 11.1 Å². The Bertz CT molecular complexity index is 968. The summed E-state index contributed by atoms with van der Waals surface area (Å²) >= 11 is 0. The molecule has 2 saturated heterocycles. The van der Waals surface area contributed by atoms with E-state index in [1.807, 2.05) is 4.90 Å². The van der Waals surface area contributed by atoms with Gasteiger partial charge in [0.15, 0.2) is 0 Å². The number of aliphatic hydroxyl groups excluding tert-OH is 1. The lowest BCUT2D eigenvalue weighted by Crippen LogP contribution is -2.44. The minimum atomic E-state index is -0.673. The Morgan fingerprint density at radius 2 is 1.70 bits per heavy atom. The van der Waals surface area contributed by atoms with E-state index < -0.39 is 6.10 Å². The lowest BCUT2D eigenvalue weighted by atomic mass is 10.0. The molecule has 0 spiro atoms. The summed E-state index contributed by atoms with van der Waals surface area (Å²) in [6.45, 7) is 1.20. The predicted molar refractivity (Wildman–Crippen MR) is 124 cm³/mol. The van der Waals surface area contributed by atoms with Crippen molar-refractivity contribution in [2.75, 3.05) is 19.7 Å². The molecule has 2 heterocycles. The third-order valence-corrected chi connectivity index (χ3v) is 6.99. The van der Waals surface area contributed by atoms with Gasteiger partial charge in [-0.2, -0.15) is 0 Å². The van der Waals surface area contributed by atoms with Gasteiger partial charge in [-0.15, -0.1) is 0 Å². The number of fused-ring (bicyclic) bond motifs is 3. The van der Waals surface area contributed by atoms with Crippen LogP contribution in [0.25, 0.3) is 0 Å². The molecule has 7 nitrogen and oxygen atoms in total. The molecule has 2 aliphatic heterocycles. The number of carbonyl (C=O) groups excluding carboxylic acids is 2. The van der Waals surface area contributed by atoms with Crippen LogP contribution in [-0.4, -0.2) is 65.9 Å². The van der Waals surface area contributed by atoms with Gasteiger partial charge < -0.3 is 25.4 Å². The third-order valence-electron chi connectivity index (χ3n) is 6.99. The molecule has 2 aromatic carbocycles. The van der Waals surface area contributed by atoms with Gasteiger partial charge in [-0.05, 0) is 67.5 Å². The number of benzene rings is 2. The highest BCUT2D eigenvalue weighted by molar-refractivity contribution is 5.98. The molecule has 174 valence electrons. The van der Waals surface area contributed by atoms with E-state index in [2.05, 4.69) is 34.9 Å². The van der Waals surface area contributed by atoms with Crippen molar-refractivity contribution in [1.82, 2.24) is 15.5 Å². The van der Waals surface area contributed by atoms with Crippen LogP contribution >= 0.6 is 0 Å². The second-order valence-electron chi connectivity index (χ2n) is 9.31. The molecule has 3 atom stereocenters. The number of hydrogen-bond donors (Lipinski definition) is 3. The molecule has 2 aromatic rings. The van der Waals surface area contributed by atoms with Crippen LogP contribution in [0.5, 0.6) is 0 Å². The van der Waals surface area contributed by atoms with E-state index in [-0.39, 0.29) is 30.6 Å². The summed E-state index contributed by atoms with van der Waals surface area (Å²) in [5.74, 6) is -0.299. The molecule has 5 rings (SSSR count). The van der Waals surface area contributed by atoms with Gasteiger partial charge in [0, 0.05) is 30.3 Å². The summed E-state index contributed by atoms with van der Waals surface area (Å²) in [6, 6.07) is 15.6. The van der Waals surface area contributed by atoms with Gasteiger partial charge in [-0.25, -0.2) is 0 Å². The third kappa shape index (κ3) is 4.81. The molecule has 3 N–H and O–H groups in total. The Labute approximate surface area is 194 Å². The van der Waals surface area contributed by atoms with E-state index >= 15 is 0 Å². The fourth-order valence-corrected chi connectivity index (χ4v) is 5.19. The van der Waals surface area contributed by atoms with Gasteiger partial charge in [0.2, 0.25) is 0 Å². The summed E-state index contributed by atoms with van der Waals surface area (Å²) in [5, 5.41) is 16.5. The zero-order valence-electron chi connectivity index (χ0n) is 18.7. The van der Waals surface area contributed by atoms with Crippen LogP contribution in [0.2, 0.25) is 0 Å². The van der Waals surface area contributed by atoms with Crippen molar-refractivity contribution in [3.05, 3.63) is 70.8 Å². The Balaban J connectivity index is 1.08. The highest BCUT2D eigenvalue weighted by Gasteiger charge is 2.40. The normalized spacial score (nSPS) is 22.8. The Morgan fingerprint density at radius 1 is 1.00 bits per heavy atom. The second-order valence-corrected chi connectivity index (χ2v) is 9.31. The van der Waals surface area contributed by atoms with Gasteiger partial charge in [-0.1, -0.05) is 24.3 Å². The van der Waals surface area contributed by atoms with E-state index in [9.17, 15) is 14.7 Å². The summed E-state index contributed by atoms with van der Waals surface area (Å²) in [6.07, 6.45) is 4.09. The molecule has 2 bridgehead atoms. The largest absolute Gasteiger partial charge is 0.390 e. The zero-order valence-corrected chi connectivity index (χ0v) is 18.7. The number of amides is 2. The number of nitrogens with zero attached hydrogens (tertiary/aromatic N) is 1. The smallest absolute Gasteiger partial charge is 0.256 e. The second kappa shape index (κ2) is 9.63. The molecule has 2 fully saturated rings. The quantitative estimate of drug-likeness (QED) is 0.601. The van der Waals surface area contributed by atoms with Crippen LogP contribution in [0.4, 0.5) is 0 Å². The van der Waals surface area contributed by atoms with Crippen molar-refractivity contribution in [2.45, 2.75) is 56.5 Å². The van der Waals surface area contributed by atoms with E-state index in [0.717, 1.165) is 32.1 Å². The Kier molecular flexibility index (Phi) is 6.44. The molecule has 7 heteroatoms. The zero-order chi connectivity index (χ0) is 22.8. The summed E-state index contributed by atoms with van der Waals surface area (Å²) in [4.78, 5) is 27.3. The predicted octanol–water partition coefficient (Wildman–Crippen LogP) is 1.89. The van der Waals surface area contributed by atoms with Gasteiger partial charge in [0.25, 0.3) is 11.8 Å². The van der Waals surface area contributed by atoms with Gasteiger partial charge in [-0.3, -0.25) is 9.59 Å². The summed E-state index contributed by atoms with van der Waals surface area (Å²) in [5.41, 5.74) is 3.76. The molecule has 33 heavy (non-hydrogen) atoms. The van der Waals surface area contributed by atoms with Crippen molar-refractivity contribution >= 4 is 11.8 Å². The minimum Gasteiger partial charge on any atom is -0.390 e. The summed E-state index contributed by atoms with van der Waals surface area (Å²) < 4.78 is 5.73. The molecular weight excluding hydrogens is 418 g/mol. The monoisotopic (exact) mass is 449 g/mol. The lowest BCUT2D eigenvalue weighted by Gasteiger charge is -2.32. The first-order chi connectivity index (χ1) is 16.1. The molecular formula is C26H31N3O4. The number of nitrogens with one attached hydrogen (secondary N) is 2. The molecule has 1 aliphatic carbocycles. The topological polar surface area (TPSA) is 90.9 Å². The maximum Gasteiger partial charge on any atom is 0.256 e. The molecule has 3 aliphatic rings. The molecule has 0 saturated carbocycles. The van der Waals surface area contributed by atoms with Crippen molar-refractivity contribution in [3.63, 3.8) is 0 Å². The van der Waals surface area contributed by atoms with E-state index in [4.69, 9.17) is 4.74 Å². The summed E-state index contributed by atoms with van der Waals surface area (Å²) in [7, 11) is 0. The van der Waals surface area contributed by atoms with Crippen LogP contribution in [-0.2, 0) is 17.6 Å². The number of carbonyl (C=O) groups is 2. The number of hydrogen-bond acceptors (Lipinski definition) is 5. The number of rotatable bonds is 7. The first-order valence-corrected chi connectivity index (χ1v) is 11.9. The van der Waals surface area contributed by atoms with Crippen molar-refractivity contribution in [2.24, 2.45) is 0 Å². The number of aliphatic hydroxyl groups is 1. The molecule has 2 unspecified atom stereocenters. The van der Waals surface area contributed by atoms with Crippen LogP contribution in [0, 0.1) is 0 Å². The highest BCUT2D eigenvalue weighted by Crippen LogP contribution is 2.31. The Hall–Kier alpha value is -2.74. The SMILES string of the molecule is O=C(NC[C@@H](O)CNC1Cc2ccccc2C1)c1ccc(C(=O)N2C3CCCC2OC3)cc1. The van der Waals surface area contributed by atoms with Gasteiger partial charge >= 0.3 is 0 Å². The highest BCUT2D eigenvalue weighted by atomic mass is 16.5. The van der Waals surface area contributed by atoms with Crippen LogP contribution < -0.4 is 10.6 Å². The van der Waals surface area contributed by atoms with Crippen LogP contribution in [0.1, 0.15) is 51.1 Å². The van der Waals surface area contributed by atoms with Gasteiger partial charge in [0.05, 0.1) is 18.8 Å². The maximum atomic E-state index is 12.9. The van der Waals surface area contributed by atoms with Crippen molar-refractivity contribution in [3.8, 4) is 0 Å². The Morgan fingerprint density at radius 3 is 2.39 bits per heavy atom. The first kappa shape index (κ1) is 22.1. The maximum absolute atomic E-state index is 12.9. The number of ether oxygens (including phenoxy) is 1. The number of piperidine rings is 1. The van der Waals surface area contributed by atoms with Gasteiger partial charge in [0.1, 0.15) is 6.23 Å². The minimum absolute atomic E-state index is 0.0373. The van der Waals surface area contributed by atoms with Crippen molar-refractivity contribution < 1.29 is 19.4 Å². The average molecular weight is 450 g/mol. The van der Waals surface area contributed by atoms with Crippen LogP contribution in [0.15, 0.2) is 48.5 Å². The molecule has 2 amide bonds.